The van der Waals surface area contributed by atoms with Crippen LogP contribution in [0.4, 0.5) is 0 Å². The number of aromatic amines is 1. The Balaban J connectivity index is 1.76. The highest BCUT2D eigenvalue weighted by atomic mass is 16.5. The summed E-state index contributed by atoms with van der Waals surface area (Å²) in [5.74, 6) is 1.99. The topological polar surface area (TPSA) is 61.7 Å². The van der Waals surface area contributed by atoms with Gasteiger partial charge in [0.15, 0.2) is 0 Å². The van der Waals surface area contributed by atoms with Gasteiger partial charge in [0.2, 0.25) is 0 Å². The third-order valence-electron chi connectivity index (χ3n) is 4.74. The van der Waals surface area contributed by atoms with Crippen LogP contribution < -0.4 is 4.74 Å². The zero-order chi connectivity index (χ0) is 18.9. The van der Waals surface area contributed by atoms with Crippen LogP contribution in [-0.2, 0) is 0 Å². The van der Waals surface area contributed by atoms with Crippen LogP contribution in [0.3, 0.4) is 0 Å². The van der Waals surface area contributed by atoms with Gasteiger partial charge in [-0.2, -0.15) is 5.26 Å². The lowest BCUT2D eigenvalue weighted by molar-refractivity contribution is 0.509. The molecule has 0 unspecified atom stereocenters. The molecule has 1 N–H and O–H groups in total. The highest BCUT2D eigenvalue weighted by Crippen LogP contribution is 2.40. The average Bonchev–Trinajstić information content (AvgIpc) is 3.18. The smallest absolute Gasteiger partial charge is 0.149 e. The van der Waals surface area contributed by atoms with Crippen LogP contribution in [0.15, 0.2) is 84.9 Å². The van der Waals surface area contributed by atoms with Crippen LogP contribution in [-0.4, -0.2) is 9.97 Å². The summed E-state index contributed by atoms with van der Waals surface area (Å²) >= 11 is 0. The molecule has 4 nitrogen and oxygen atoms in total. The molecule has 3 aromatic carbocycles. The number of allylic oxidation sites excluding steroid dienone is 3. The van der Waals surface area contributed by atoms with Gasteiger partial charge in [0.05, 0.1) is 11.0 Å². The molecule has 1 aromatic heterocycles. The van der Waals surface area contributed by atoms with Crippen molar-refractivity contribution in [3.8, 4) is 11.8 Å². The fraction of sp³-hybridized carbons (Fsp3) is 0. The van der Waals surface area contributed by atoms with Crippen molar-refractivity contribution in [3.05, 3.63) is 102 Å². The first-order chi connectivity index (χ1) is 13.8. The Morgan fingerprint density at radius 3 is 2.46 bits per heavy atom. The molecule has 0 fully saturated rings. The normalized spacial score (nSPS) is 14.6. The Morgan fingerprint density at radius 2 is 1.64 bits per heavy atom. The number of imidazole rings is 1. The van der Waals surface area contributed by atoms with Crippen molar-refractivity contribution in [2.75, 3.05) is 0 Å². The van der Waals surface area contributed by atoms with Gasteiger partial charge in [0.1, 0.15) is 29.0 Å². The third-order valence-corrected chi connectivity index (χ3v) is 4.74. The van der Waals surface area contributed by atoms with Crippen molar-refractivity contribution in [1.82, 2.24) is 9.97 Å². The number of rotatable bonds is 2. The van der Waals surface area contributed by atoms with E-state index in [2.05, 4.69) is 16.0 Å². The molecule has 4 heteroatoms. The maximum Gasteiger partial charge on any atom is 0.149 e. The maximum absolute atomic E-state index is 10.0. The molecule has 0 bridgehead atoms. The number of benzene rings is 3. The van der Waals surface area contributed by atoms with Crippen molar-refractivity contribution in [3.63, 3.8) is 0 Å². The van der Waals surface area contributed by atoms with Gasteiger partial charge in [-0.15, -0.1) is 0 Å². The minimum absolute atomic E-state index is 0.486. The molecule has 0 radical (unpaired) electrons. The lowest BCUT2D eigenvalue weighted by Gasteiger charge is -2.21. The Morgan fingerprint density at radius 1 is 0.893 bits per heavy atom. The SMILES string of the molecule is N#C/C(=C1/C=C(c2ccccc2)Oc2ccccc21)c1nc2ccccc2[nH]1. The average molecular weight is 361 g/mol. The van der Waals surface area contributed by atoms with E-state index in [0.29, 0.717) is 17.2 Å². The monoisotopic (exact) mass is 361 g/mol. The van der Waals surface area contributed by atoms with Crippen molar-refractivity contribution in [2.24, 2.45) is 0 Å². The van der Waals surface area contributed by atoms with Gasteiger partial charge in [0.25, 0.3) is 0 Å². The van der Waals surface area contributed by atoms with E-state index in [1.165, 1.54) is 0 Å². The predicted octanol–water partition coefficient (Wildman–Crippen LogP) is 5.43. The Bertz CT molecular complexity index is 1260. The van der Waals surface area contributed by atoms with Crippen LogP contribution in [0.5, 0.6) is 5.75 Å². The number of hydrogen-bond acceptors (Lipinski definition) is 3. The molecule has 0 aliphatic carbocycles. The minimum atomic E-state index is 0.486. The summed E-state index contributed by atoms with van der Waals surface area (Å²) in [6.07, 6.45) is 1.92. The summed E-state index contributed by atoms with van der Waals surface area (Å²) in [4.78, 5) is 7.89. The zero-order valence-corrected chi connectivity index (χ0v) is 14.9. The fourth-order valence-corrected chi connectivity index (χ4v) is 3.40. The van der Waals surface area contributed by atoms with Crippen molar-refractivity contribution >= 4 is 27.9 Å². The van der Waals surface area contributed by atoms with Gasteiger partial charge in [-0.25, -0.2) is 4.98 Å². The number of ether oxygens (including phenoxy) is 1. The van der Waals surface area contributed by atoms with Crippen molar-refractivity contribution in [2.45, 2.75) is 0 Å². The van der Waals surface area contributed by atoms with Crippen LogP contribution in [0.2, 0.25) is 0 Å². The first-order valence-electron chi connectivity index (χ1n) is 8.97. The van der Waals surface area contributed by atoms with Gasteiger partial charge in [0, 0.05) is 16.7 Å². The first-order valence-corrected chi connectivity index (χ1v) is 8.97. The molecule has 0 spiro atoms. The summed E-state index contributed by atoms with van der Waals surface area (Å²) in [5.41, 5.74) is 4.84. The maximum atomic E-state index is 10.0. The summed E-state index contributed by atoms with van der Waals surface area (Å²) in [6, 6.07) is 27.7. The standard InChI is InChI=1S/C24H15N3O/c25-15-19(24-26-20-11-5-6-12-21(20)27-24)18-14-23(16-8-2-1-3-9-16)28-22-13-7-4-10-17(18)22/h1-14H,(H,26,27)/b19-18+. The van der Waals surface area contributed by atoms with E-state index in [1.54, 1.807) is 0 Å². The Hall–Kier alpha value is -4.10. The third kappa shape index (κ3) is 2.67. The van der Waals surface area contributed by atoms with Gasteiger partial charge >= 0.3 is 0 Å². The molecular weight excluding hydrogens is 346 g/mol. The molecule has 0 saturated heterocycles. The summed E-state index contributed by atoms with van der Waals surface area (Å²) < 4.78 is 6.12. The van der Waals surface area contributed by atoms with Gasteiger partial charge in [-0.3, -0.25) is 0 Å². The molecule has 5 rings (SSSR count). The highest BCUT2D eigenvalue weighted by molar-refractivity contribution is 6.05. The lowest BCUT2D eigenvalue weighted by Crippen LogP contribution is -2.05. The summed E-state index contributed by atoms with van der Waals surface area (Å²) in [5, 5.41) is 10.0. The largest absolute Gasteiger partial charge is 0.456 e. The number of nitrogens with one attached hydrogen (secondary N) is 1. The molecule has 28 heavy (non-hydrogen) atoms. The number of hydrogen-bond donors (Lipinski definition) is 1. The Labute approximate surface area is 162 Å². The van der Waals surface area contributed by atoms with E-state index in [0.717, 1.165) is 33.5 Å². The second kappa shape index (κ2) is 6.57. The van der Waals surface area contributed by atoms with Crippen LogP contribution in [0, 0.1) is 11.3 Å². The van der Waals surface area contributed by atoms with Crippen LogP contribution >= 0.6 is 0 Å². The van der Waals surface area contributed by atoms with Crippen molar-refractivity contribution in [1.29, 1.82) is 5.26 Å². The summed E-state index contributed by atoms with van der Waals surface area (Å²) in [7, 11) is 0. The van der Waals surface area contributed by atoms with Crippen molar-refractivity contribution < 1.29 is 4.74 Å². The van der Waals surface area contributed by atoms with E-state index in [1.807, 2.05) is 84.9 Å². The number of nitrogens with zero attached hydrogens (tertiary/aromatic N) is 2. The number of aromatic nitrogens is 2. The molecule has 0 saturated carbocycles. The molecule has 0 atom stereocenters. The molecule has 1 aliphatic rings. The zero-order valence-electron chi connectivity index (χ0n) is 14.9. The van der Waals surface area contributed by atoms with E-state index in [9.17, 15) is 5.26 Å². The van der Waals surface area contributed by atoms with E-state index < -0.39 is 0 Å². The predicted molar refractivity (Wildman–Crippen MR) is 110 cm³/mol. The lowest BCUT2D eigenvalue weighted by atomic mass is 9.95. The highest BCUT2D eigenvalue weighted by Gasteiger charge is 2.22. The number of para-hydroxylation sites is 3. The minimum Gasteiger partial charge on any atom is -0.456 e. The number of H-pyrrole nitrogens is 1. The Kier molecular flexibility index (Phi) is 3.78. The second-order valence-corrected chi connectivity index (χ2v) is 6.48. The van der Waals surface area contributed by atoms with Crippen LogP contribution in [0.25, 0.3) is 27.9 Å². The number of fused-ring (bicyclic) bond motifs is 2. The van der Waals surface area contributed by atoms with E-state index in [-0.39, 0.29) is 0 Å². The molecule has 0 amide bonds. The second-order valence-electron chi connectivity index (χ2n) is 6.48. The van der Waals surface area contributed by atoms with Gasteiger partial charge in [-0.1, -0.05) is 60.7 Å². The first kappa shape index (κ1) is 16.1. The molecule has 2 heterocycles. The van der Waals surface area contributed by atoms with Gasteiger partial charge < -0.3 is 9.72 Å². The molecule has 1 aliphatic heterocycles. The molecular formula is C24H15N3O. The van der Waals surface area contributed by atoms with Gasteiger partial charge in [-0.05, 0) is 24.3 Å². The number of nitriles is 1. The van der Waals surface area contributed by atoms with E-state index in [4.69, 9.17) is 4.74 Å². The quantitative estimate of drug-likeness (QED) is 0.484. The fourth-order valence-electron chi connectivity index (χ4n) is 3.40. The van der Waals surface area contributed by atoms with Crippen LogP contribution in [0.1, 0.15) is 17.0 Å². The van der Waals surface area contributed by atoms with E-state index >= 15 is 0 Å². The molecule has 132 valence electrons. The molecule has 4 aromatic rings. The summed E-state index contributed by atoms with van der Waals surface area (Å²) in [6.45, 7) is 0.